The Labute approximate surface area is 121 Å². The lowest BCUT2D eigenvalue weighted by molar-refractivity contribution is -0.146. The molecule has 20 heavy (non-hydrogen) atoms. The molecule has 0 bridgehead atoms. The number of likely N-dealkylation sites (tertiary alicyclic amines) is 1. The molecule has 6 nitrogen and oxygen atoms in total. The average Bonchev–Trinajstić information content (AvgIpc) is 2.83. The molecule has 1 heterocycles. The van der Waals surface area contributed by atoms with Crippen molar-refractivity contribution in [2.75, 3.05) is 26.7 Å². The van der Waals surface area contributed by atoms with Crippen LogP contribution in [-0.2, 0) is 4.79 Å². The van der Waals surface area contributed by atoms with Crippen LogP contribution in [0.2, 0.25) is 0 Å². The lowest BCUT2D eigenvalue weighted by atomic mass is 10.0. The Balaban J connectivity index is 2.43. The van der Waals surface area contributed by atoms with Gasteiger partial charge in [-0.05, 0) is 46.6 Å². The highest BCUT2D eigenvalue weighted by Crippen LogP contribution is 2.18. The van der Waals surface area contributed by atoms with Crippen molar-refractivity contribution in [3.8, 4) is 0 Å². The molecule has 2 amide bonds. The maximum absolute atomic E-state index is 12.0. The number of rotatable bonds is 5. The van der Waals surface area contributed by atoms with E-state index in [0.29, 0.717) is 18.5 Å². The van der Waals surface area contributed by atoms with Crippen molar-refractivity contribution in [3.05, 3.63) is 0 Å². The van der Waals surface area contributed by atoms with Crippen molar-refractivity contribution >= 4 is 12.0 Å². The van der Waals surface area contributed by atoms with E-state index in [4.69, 9.17) is 5.11 Å². The SMILES string of the molecule is CC(C)N1CCC(CNC(=O)N(C)C(C)(C)C(=O)O)C1. The highest BCUT2D eigenvalue weighted by molar-refractivity contribution is 5.85. The molecule has 6 heteroatoms. The third-order valence-corrected chi connectivity index (χ3v) is 4.26. The summed E-state index contributed by atoms with van der Waals surface area (Å²) in [7, 11) is 1.51. The van der Waals surface area contributed by atoms with E-state index in [2.05, 4.69) is 24.1 Å². The van der Waals surface area contributed by atoms with Crippen molar-refractivity contribution in [1.29, 1.82) is 0 Å². The number of hydrogen-bond donors (Lipinski definition) is 2. The number of carbonyl (C=O) groups is 2. The van der Waals surface area contributed by atoms with Gasteiger partial charge in [-0.25, -0.2) is 9.59 Å². The molecule has 116 valence electrons. The number of urea groups is 1. The van der Waals surface area contributed by atoms with Crippen LogP contribution in [0, 0.1) is 5.92 Å². The highest BCUT2D eigenvalue weighted by Gasteiger charge is 2.35. The normalized spacial score (nSPS) is 20.2. The van der Waals surface area contributed by atoms with E-state index in [0.717, 1.165) is 19.5 Å². The van der Waals surface area contributed by atoms with Gasteiger partial charge in [-0.2, -0.15) is 0 Å². The van der Waals surface area contributed by atoms with Gasteiger partial charge in [0.05, 0.1) is 0 Å². The summed E-state index contributed by atoms with van der Waals surface area (Å²) in [5.41, 5.74) is -1.20. The van der Waals surface area contributed by atoms with Gasteiger partial charge < -0.3 is 20.2 Å². The molecule has 1 fully saturated rings. The molecule has 1 unspecified atom stereocenters. The smallest absolute Gasteiger partial charge is 0.329 e. The maximum atomic E-state index is 12.0. The first-order valence-electron chi connectivity index (χ1n) is 7.15. The van der Waals surface area contributed by atoms with E-state index in [1.807, 2.05) is 0 Å². The van der Waals surface area contributed by atoms with Crippen molar-refractivity contribution < 1.29 is 14.7 Å². The number of amides is 2. The molecule has 0 aliphatic carbocycles. The number of likely N-dealkylation sites (N-methyl/N-ethyl adjacent to an activating group) is 1. The van der Waals surface area contributed by atoms with Crippen LogP contribution in [0.4, 0.5) is 4.79 Å². The zero-order valence-corrected chi connectivity index (χ0v) is 13.1. The number of carbonyl (C=O) groups excluding carboxylic acids is 1. The molecule has 1 aliphatic rings. The van der Waals surface area contributed by atoms with Crippen LogP contribution >= 0.6 is 0 Å². The predicted molar refractivity (Wildman–Crippen MR) is 77.7 cm³/mol. The summed E-state index contributed by atoms with van der Waals surface area (Å²) in [5.74, 6) is -0.565. The van der Waals surface area contributed by atoms with Gasteiger partial charge in [-0.3, -0.25) is 0 Å². The molecule has 0 saturated carbocycles. The Kier molecular flexibility index (Phi) is 5.39. The number of hydrogen-bond acceptors (Lipinski definition) is 3. The van der Waals surface area contributed by atoms with Gasteiger partial charge >= 0.3 is 12.0 Å². The molecule has 1 rings (SSSR count). The van der Waals surface area contributed by atoms with Crippen LogP contribution in [0.25, 0.3) is 0 Å². The summed E-state index contributed by atoms with van der Waals surface area (Å²) < 4.78 is 0. The van der Waals surface area contributed by atoms with Crippen LogP contribution in [-0.4, -0.2) is 65.2 Å². The summed E-state index contributed by atoms with van der Waals surface area (Å²) in [5, 5.41) is 11.9. The molecule has 0 aromatic rings. The fourth-order valence-electron chi connectivity index (χ4n) is 2.25. The average molecular weight is 285 g/mol. The number of aliphatic carboxylic acids is 1. The topological polar surface area (TPSA) is 72.9 Å². The van der Waals surface area contributed by atoms with Gasteiger partial charge in [-0.15, -0.1) is 0 Å². The lowest BCUT2D eigenvalue weighted by Gasteiger charge is -2.31. The van der Waals surface area contributed by atoms with Gasteiger partial charge in [0.2, 0.25) is 0 Å². The fourth-order valence-corrected chi connectivity index (χ4v) is 2.25. The zero-order valence-electron chi connectivity index (χ0n) is 13.1. The number of nitrogens with zero attached hydrogens (tertiary/aromatic N) is 2. The predicted octanol–water partition coefficient (Wildman–Crippen LogP) is 1.22. The van der Waals surface area contributed by atoms with E-state index in [1.54, 1.807) is 0 Å². The van der Waals surface area contributed by atoms with Crippen molar-refractivity contribution in [3.63, 3.8) is 0 Å². The first kappa shape index (κ1) is 16.8. The van der Waals surface area contributed by atoms with Crippen molar-refractivity contribution in [2.24, 2.45) is 5.92 Å². The maximum Gasteiger partial charge on any atom is 0.329 e. The van der Waals surface area contributed by atoms with Gasteiger partial charge in [0, 0.05) is 26.2 Å². The van der Waals surface area contributed by atoms with E-state index in [9.17, 15) is 9.59 Å². The van der Waals surface area contributed by atoms with E-state index in [1.165, 1.54) is 25.8 Å². The Morgan fingerprint density at radius 2 is 2.05 bits per heavy atom. The summed E-state index contributed by atoms with van der Waals surface area (Å²) >= 11 is 0. The molecule has 1 atom stereocenters. The molecule has 0 aromatic heterocycles. The molecule has 0 radical (unpaired) electrons. The van der Waals surface area contributed by atoms with E-state index >= 15 is 0 Å². The minimum absolute atomic E-state index is 0.333. The monoisotopic (exact) mass is 285 g/mol. The Morgan fingerprint density at radius 1 is 1.45 bits per heavy atom. The Bertz CT molecular complexity index is 369. The number of nitrogens with one attached hydrogen (secondary N) is 1. The largest absolute Gasteiger partial charge is 0.480 e. The minimum atomic E-state index is -1.20. The van der Waals surface area contributed by atoms with Crippen LogP contribution in [0.15, 0.2) is 0 Å². The van der Waals surface area contributed by atoms with Crippen LogP contribution < -0.4 is 5.32 Å². The fraction of sp³-hybridized carbons (Fsp3) is 0.857. The van der Waals surface area contributed by atoms with Crippen LogP contribution in [0.3, 0.4) is 0 Å². The van der Waals surface area contributed by atoms with Crippen LogP contribution in [0.5, 0.6) is 0 Å². The zero-order chi connectivity index (χ0) is 15.5. The molecule has 0 aromatic carbocycles. The van der Waals surface area contributed by atoms with Crippen LogP contribution in [0.1, 0.15) is 34.1 Å². The van der Waals surface area contributed by atoms with E-state index < -0.39 is 11.5 Å². The number of carboxylic acid groups (broad SMARTS) is 1. The highest BCUT2D eigenvalue weighted by atomic mass is 16.4. The third-order valence-electron chi connectivity index (χ3n) is 4.26. The number of carboxylic acids is 1. The van der Waals surface area contributed by atoms with Gasteiger partial charge in [0.1, 0.15) is 5.54 Å². The molecule has 1 aliphatic heterocycles. The molecular weight excluding hydrogens is 258 g/mol. The molecule has 2 N–H and O–H groups in total. The third kappa shape index (κ3) is 3.85. The summed E-state index contributed by atoms with van der Waals surface area (Å²) in [6.07, 6.45) is 1.07. The summed E-state index contributed by atoms with van der Waals surface area (Å²) in [6, 6.07) is 0.199. The molecular formula is C14H27N3O3. The van der Waals surface area contributed by atoms with Gasteiger partial charge in [0.25, 0.3) is 0 Å². The Hall–Kier alpha value is -1.30. The first-order valence-corrected chi connectivity index (χ1v) is 7.15. The van der Waals surface area contributed by atoms with Crippen molar-refractivity contribution in [1.82, 2.24) is 15.1 Å². The van der Waals surface area contributed by atoms with Gasteiger partial charge in [-0.1, -0.05) is 0 Å². The summed E-state index contributed by atoms with van der Waals surface area (Å²) in [4.78, 5) is 26.8. The van der Waals surface area contributed by atoms with Gasteiger partial charge in [0.15, 0.2) is 0 Å². The quantitative estimate of drug-likeness (QED) is 0.796. The molecule has 1 saturated heterocycles. The second-order valence-electron chi connectivity index (χ2n) is 6.35. The second-order valence-corrected chi connectivity index (χ2v) is 6.35. The Morgan fingerprint density at radius 3 is 2.50 bits per heavy atom. The van der Waals surface area contributed by atoms with E-state index in [-0.39, 0.29) is 6.03 Å². The second kappa shape index (κ2) is 6.43. The first-order chi connectivity index (χ1) is 9.16. The lowest BCUT2D eigenvalue weighted by Crippen LogP contribution is -2.54. The minimum Gasteiger partial charge on any atom is -0.480 e. The van der Waals surface area contributed by atoms with Crippen molar-refractivity contribution in [2.45, 2.75) is 45.7 Å². The summed E-state index contributed by atoms with van der Waals surface area (Å²) in [6.45, 7) is 10.0. The standard InChI is InChI=1S/C14H27N3O3/c1-10(2)17-7-6-11(9-17)8-15-13(20)16(5)14(3,4)12(18)19/h10-11H,6-9H2,1-5H3,(H,15,20)(H,18,19). The molecule has 0 spiro atoms.